The van der Waals surface area contributed by atoms with Crippen LogP contribution in [-0.2, 0) is 4.79 Å². The predicted octanol–water partition coefficient (Wildman–Crippen LogP) is 2.48. The third kappa shape index (κ3) is 4.96. The Hall–Kier alpha value is -2.71. The maximum atomic E-state index is 12.4. The van der Waals surface area contributed by atoms with E-state index in [4.69, 9.17) is 0 Å². The topological polar surface area (TPSA) is 75.9 Å². The van der Waals surface area contributed by atoms with Gasteiger partial charge in [0, 0.05) is 6.54 Å². The zero-order chi connectivity index (χ0) is 19.9. The number of amides is 1. The Morgan fingerprint density at radius 3 is 2.57 bits per heavy atom. The Bertz CT molecular complexity index is 912. The summed E-state index contributed by atoms with van der Waals surface area (Å²) in [5.74, 6) is 0.202. The van der Waals surface area contributed by atoms with E-state index in [0.717, 1.165) is 11.3 Å². The number of para-hydroxylation sites is 1. The highest BCUT2D eigenvalue weighted by molar-refractivity contribution is 7.99. The number of hydrogen-bond donors (Lipinski definition) is 1. The molecule has 0 fully saturated rings. The van der Waals surface area contributed by atoms with Crippen LogP contribution in [0.1, 0.15) is 17.2 Å². The molecular weight excluding hydrogens is 372 g/mol. The fourth-order valence-corrected chi connectivity index (χ4v) is 3.60. The molecule has 0 aliphatic rings. The van der Waals surface area contributed by atoms with Gasteiger partial charge in [0.25, 0.3) is 0 Å². The molecule has 28 heavy (non-hydrogen) atoms. The minimum absolute atomic E-state index is 0.0490. The Labute approximate surface area is 169 Å². The van der Waals surface area contributed by atoms with E-state index in [1.807, 2.05) is 63.5 Å². The summed E-state index contributed by atoms with van der Waals surface area (Å²) in [5.41, 5.74) is 3.15. The van der Waals surface area contributed by atoms with Crippen LogP contribution in [-0.4, -0.2) is 57.4 Å². The number of benzene rings is 2. The van der Waals surface area contributed by atoms with Crippen LogP contribution < -0.4 is 5.32 Å². The average Bonchev–Trinajstić information content (AvgIpc) is 3.16. The summed E-state index contributed by atoms with van der Waals surface area (Å²) in [7, 11) is 4.02. The lowest BCUT2D eigenvalue weighted by Gasteiger charge is -2.25. The highest BCUT2D eigenvalue weighted by Crippen LogP contribution is 2.20. The molecule has 7 nitrogen and oxygen atoms in total. The molecule has 3 rings (SSSR count). The second-order valence-corrected chi connectivity index (χ2v) is 7.59. The first-order valence-electron chi connectivity index (χ1n) is 9.01. The normalized spacial score (nSPS) is 12.1. The summed E-state index contributed by atoms with van der Waals surface area (Å²) >= 11 is 1.32. The molecule has 1 unspecified atom stereocenters. The number of aromatic nitrogens is 4. The van der Waals surface area contributed by atoms with Crippen molar-refractivity contribution in [1.29, 1.82) is 0 Å². The summed E-state index contributed by atoms with van der Waals surface area (Å²) < 4.78 is 1.67. The van der Waals surface area contributed by atoms with Crippen LogP contribution in [0.3, 0.4) is 0 Å². The number of aryl methyl sites for hydroxylation is 1. The standard InChI is InChI=1S/C20H24N6OS/c1-15-9-7-8-12-17(15)26-20(22-23-24-26)28-14-19(27)21-13-18(25(2)3)16-10-5-4-6-11-16/h4-12,18H,13-14H2,1-3H3,(H,21,27). The van der Waals surface area contributed by atoms with Gasteiger partial charge in [0.1, 0.15) is 0 Å². The van der Waals surface area contributed by atoms with Crippen molar-refractivity contribution in [2.45, 2.75) is 18.1 Å². The lowest BCUT2D eigenvalue weighted by molar-refractivity contribution is -0.118. The van der Waals surface area contributed by atoms with Gasteiger partial charge < -0.3 is 10.2 Å². The maximum Gasteiger partial charge on any atom is 0.230 e. The van der Waals surface area contributed by atoms with Crippen molar-refractivity contribution in [2.75, 3.05) is 26.4 Å². The second kappa shape index (κ2) is 9.48. The van der Waals surface area contributed by atoms with Crippen molar-refractivity contribution in [3.63, 3.8) is 0 Å². The zero-order valence-corrected chi connectivity index (χ0v) is 17.1. The molecule has 3 aromatic rings. The summed E-state index contributed by atoms with van der Waals surface area (Å²) in [5, 5.41) is 15.5. The highest BCUT2D eigenvalue weighted by atomic mass is 32.2. The van der Waals surface area contributed by atoms with E-state index in [9.17, 15) is 4.79 Å². The van der Waals surface area contributed by atoms with Gasteiger partial charge in [-0.05, 0) is 48.6 Å². The van der Waals surface area contributed by atoms with Gasteiger partial charge in [0.05, 0.1) is 17.5 Å². The lowest BCUT2D eigenvalue weighted by Crippen LogP contribution is -2.35. The first-order valence-corrected chi connectivity index (χ1v) is 10.00. The number of rotatable bonds is 8. The van der Waals surface area contributed by atoms with Crippen molar-refractivity contribution in [1.82, 2.24) is 30.4 Å². The molecule has 0 saturated carbocycles. The molecule has 0 spiro atoms. The maximum absolute atomic E-state index is 12.4. The van der Waals surface area contributed by atoms with E-state index in [-0.39, 0.29) is 17.7 Å². The molecule has 1 aromatic heterocycles. The molecule has 1 atom stereocenters. The number of carbonyl (C=O) groups excluding carboxylic acids is 1. The number of nitrogens with zero attached hydrogens (tertiary/aromatic N) is 5. The van der Waals surface area contributed by atoms with Crippen molar-refractivity contribution in [2.24, 2.45) is 0 Å². The van der Waals surface area contributed by atoms with Gasteiger partial charge in [-0.15, -0.1) is 5.10 Å². The van der Waals surface area contributed by atoms with E-state index in [1.54, 1.807) is 4.68 Å². The van der Waals surface area contributed by atoms with Crippen LogP contribution in [0.15, 0.2) is 59.8 Å². The molecule has 0 aliphatic heterocycles. The van der Waals surface area contributed by atoms with Crippen LogP contribution in [0.25, 0.3) is 5.69 Å². The summed E-state index contributed by atoms with van der Waals surface area (Å²) in [6.45, 7) is 2.54. The second-order valence-electron chi connectivity index (χ2n) is 6.64. The Morgan fingerprint density at radius 1 is 1.14 bits per heavy atom. The van der Waals surface area contributed by atoms with E-state index in [0.29, 0.717) is 11.7 Å². The first-order chi connectivity index (χ1) is 13.6. The smallest absolute Gasteiger partial charge is 0.230 e. The van der Waals surface area contributed by atoms with Crippen molar-refractivity contribution in [3.05, 3.63) is 65.7 Å². The van der Waals surface area contributed by atoms with Crippen LogP contribution in [0, 0.1) is 6.92 Å². The minimum Gasteiger partial charge on any atom is -0.353 e. The molecule has 1 N–H and O–H groups in total. The van der Waals surface area contributed by atoms with Crippen LogP contribution in [0.5, 0.6) is 0 Å². The number of nitrogens with one attached hydrogen (secondary N) is 1. The molecule has 0 aliphatic carbocycles. The SMILES string of the molecule is Cc1ccccc1-n1nnnc1SCC(=O)NCC(c1ccccc1)N(C)C. The van der Waals surface area contributed by atoms with Gasteiger partial charge in [-0.1, -0.05) is 60.3 Å². The number of thioether (sulfide) groups is 1. The van der Waals surface area contributed by atoms with Gasteiger partial charge in [0.2, 0.25) is 11.1 Å². The quantitative estimate of drug-likeness (QED) is 0.590. The third-order valence-corrected chi connectivity index (χ3v) is 5.34. The number of tetrazole rings is 1. The van der Waals surface area contributed by atoms with Gasteiger partial charge in [-0.25, -0.2) is 0 Å². The molecule has 146 valence electrons. The number of hydrogen-bond acceptors (Lipinski definition) is 6. The summed E-state index contributed by atoms with van der Waals surface area (Å²) in [4.78, 5) is 14.5. The molecule has 0 radical (unpaired) electrons. The Balaban J connectivity index is 1.58. The highest BCUT2D eigenvalue weighted by Gasteiger charge is 2.16. The van der Waals surface area contributed by atoms with E-state index < -0.39 is 0 Å². The molecule has 8 heteroatoms. The average molecular weight is 397 g/mol. The molecule has 1 heterocycles. The largest absolute Gasteiger partial charge is 0.353 e. The van der Waals surface area contributed by atoms with Crippen LogP contribution in [0.4, 0.5) is 0 Å². The molecule has 1 amide bonds. The third-order valence-electron chi connectivity index (χ3n) is 4.42. The van der Waals surface area contributed by atoms with Crippen molar-refractivity contribution in [3.8, 4) is 5.69 Å². The fraction of sp³-hybridized carbons (Fsp3) is 0.300. The van der Waals surface area contributed by atoms with E-state index >= 15 is 0 Å². The van der Waals surface area contributed by atoms with Gasteiger partial charge >= 0.3 is 0 Å². The first kappa shape index (κ1) is 20.0. The summed E-state index contributed by atoms with van der Waals surface area (Å²) in [6, 6.07) is 18.1. The Morgan fingerprint density at radius 2 is 1.86 bits per heavy atom. The van der Waals surface area contributed by atoms with E-state index in [2.05, 4.69) is 37.9 Å². The van der Waals surface area contributed by atoms with Gasteiger partial charge in [-0.2, -0.15) is 4.68 Å². The van der Waals surface area contributed by atoms with Gasteiger partial charge in [0.15, 0.2) is 0 Å². The number of likely N-dealkylation sites (N-methyl/N-ethyl adjacent to an activating group) is 1. The van der Waals surface area contributed by atoms with Crippen LogP contribution >= 0.6 is 11.8 Å². The van der Waals surface area contributed by atoms with Crippen molar-refractivity contribution >= 4 is 17.7 Å². The molecule has 0 bridgehead atoms. The number of carbonyl (C=O) groups is 1. The van der Waals surface area contributed by atoms with Crippen LogP contribution in [0.2, 0.25) is 0 Å². The molecular formula is C20H24N6OS. The minimum atomic E-state index is -0.0490. The summed E-state index contributed by atoms with van der Waals surface area (Å²) in [6.07, 6.45) is 0. The Kier molecular flexibility index (Phi) is 6.78. The zero-order valence-electron chi connectivity index (χ0n) is 16.2. The molecule has 2 aromatic carbocycles. The fourth-order valence-electron chi connectivity index (χ4n) is 2.89. The van der Waals surface area contributed by atoms with Gasteiger partial charge in [-0.3, -0.25) is 4.79 Å². The predicted molar refractivity (Wildman–Crippen MR) is 110 cm³/mol. The van der Waals surface area contributed by atoms with Crippen molar-refractivity contribution < 1.29 is 4.79 Å². The monoisotopic (exact) mass is 396 g/mol. The van der Waals surface area contributed by atoms with E-state index in [1.165, 1.54) is 17.3 Å². The lowest BCUT2D eigenvalue weighted by atomic mass is 10.1. The molecule has 0 saturated heterocycles.